The molecule has 6 rings (SSSR count). The lowest BCUT2D eigenvalue weighted by molar-refractivity contribution is -0.117. The average Bonchev–Trinajstić information content (AvgIpc) is 3.77. The van der Waals surface area contributed by atoms with Crippen LogP contribution in [0.25, 0.3) is 11.0 Å². The third-order valence-electron chi connectivity index (χ3n) is 7.33. The summed E-state index contributed by atoms with van der Waals surface area (Å²) >= 11 is 14.9. The molecule has 5 aromatic rings. The number of halogens is 2. The standard InChI is InChI=1S/C33H27Cl2N3O6S2/c1-3-4-13-43-24-12-10-19(15-25(24)42-2)28-27(29(39)26-14-18-7-5-6-8-23(18)44-26)30(40)31(41)38(28)32-36-37-33(46-32)45-17-20-9-11-21(34)16-22(20)35/h5-12,14-16,28,40H,3-4,13,17H2,1-2H3. The molecule has 1 amide bonds. The first-order valence-electron chi connectivity index (χ1n) is 14.3. The largest absolute Gasteiger partial charge is 0.503 e. The number of anilines is 1. The van der Waals surface area contributed by atoms with Crippen LogP contribution in [-0.4, -0.2) is 40.7 Å². The third-order valence-corrected chi connectivity index (χ3v) is 10.0. The van der Waals surface area contributed by atoms with Crippen molar-refractivity contribution in [1.82, 2.24) is 10.2 Å². The summed E-state index contributed by atoms with van der Waals surface area (Å²) in [4.78, 5) is 29.1. The number of Topliss-reactive ketones (excluding diaryl/α,β-unsaturated/α-hetero) is 1. The number of methoxy groups -OCH3 is 1. The zero-order valence-electron chi connectivity index (χ0n) is 24.7. The Morgan fingerprint density at radius 2 is 1.91 bits per heavy atom. The van der Waals surface area contributed by atoms with Crippen LogP contribution in [0.4, 0.5) is 5.13 Å². The van der Waals surface area contributed by atoms with E-state index < -0.39 is 23.5 Å². The fraction of sp³-hybridized carbons (Fsp3) is 0.212. The monoisotopic (exact) mass is 695 g/mol. The minimum atomic E-state index is -1.07. The molecule has 0 fully saturated rings. The van der Waals surface area contributed by atoms with Crippen molar-refractivity contribution in [2.24, 2.45) is 0 Å². The number of rotatable bonds is 12. The smallest absolute Gasteiger partial charge is 0.296 e. The van der Waals surface area contributed by atoms with E-state index in [1.165, 1.54) is 23.8 Å². The molecule has 0 saturated heterocycles. The number of unbranched alkanes of at least 4 members (excludes halogenated alkanes) is 1. The average molecular weight is 697 g/mol. The number of aliphatic hydroxyl groups is 1. The van der Waals surface area contributed by atoms with Gasteiger partial charge in [0.1, 0.15) is 5.58 Å². The van der Waals surface area contributed by atoms with Gasteiger partial charge >= 0.3 is 0 Å². The van der Waals surface area contributed by atoms with Gasteiger partial charge in [-0.25, -0.2) is 0 Å². The second-order valence-electron chi connectivity index (χ2n) is 10.3. The number of para-hydroxylation sites is 1. The first-order chi connectivity index (χ1) is 22.3. The van der Waals surface area contributed by atoms with Crippen LogP contribution in [0.2, 0.25) is 10.0 Å². The predicted molar refractivity (Wildman–Crippen MR) is 180 cm³/mol. The van der Waals surface area contributed by atoms with Gasteiger partial charge in [0.05, 0.1) is 25.3 Å². The van der Waals surface area contributed by atoms with E-state index in [0.29, 0.717) is 54.8 Å². The van der Waals surface area contributed by atoms with E-state index in [1.54, 1.807) is 48.5 Å². The van der Waals surface area contributed by atoms with Gasteiger partial charge in [-0.15, -0.1) is 10.2 Å². The summed E-state index contributed by atoms with van der Waals surface area (Å²) < 4.78 is 17.9. The number of thioether (sulfide) groups is 1. The van der Waals surface area contributed by atoms with Crippen LogP contribution >= 0.6 is 46.3 Å². The van der Waals surface area contributed by atoms with Crippen LogP contribution in [0.3, 0.4) is 0 Å². The Bertz CT molecular complexity index is 1940. The zero-order valence-corrected chi connectivity index (χ0v) is 27.8. The van der Waals surface area contributed by atoms with Gasteiger partial charge in [0.2, 0.25) is 10.9 Å². The highest BCUT2D eigenvalue weighted by atomic mass is 35.5. The fourth-order valence-electron chi connectivity index (χ4n) is 5.01. The number of ketones is 1. The summed E-state index contributed by atoms with van der Waals surface area (Å²) in [5.41, 5.74) is 1.71. The van der Waals surface area contributed by atoms with Crippen LogP contribution in [0.15, 0.2) is 86.8 Å². The number of hydrogen-bond acceptors (Lipinski definition) is 10. The number of ether oxygens (including phenoxy) is 2. The maximum atomic E-state index is 14.0. The molecule has 1 aliphatic rings. The van der Waals surface area contributed by atoms with E-state index in [9.17, 15) is 14.7 Å². The van der Waals surface area contributed by atoms with Gasteiger partial charge < -0.3 is 19.0 Å². The topological polar surface area (TPSA) is 115 Å². The van der Waals surface area contributed by atoms with E-state index in [-0.39, 0.29) is 16.5 Å². The van der Waals surface area contributed by atoms with Crippen molar-refractivity contribution in [2.45, 2.75) is 35.9 Å². The van der Waals surface area contributed by atoms with Crippen molar-refractivity contribution in [2.75, 3.05) is 18.6 Å². The van der Waals surface area contributed by atoms with Crippen LogP contribution in [-0.2, 0) is 10.5 Å². The molecule has 13 heteroatoms. The molecule has 1 atom stereocenters. The Hall–Kier alpha value is -4.03. The van der Waals surface area contributed by atoms with Crippen molar-refractivity contribution >= 4 is 74.1 Å². The minimum absolute atomic E-state index is 0.0118. The molecule has 1 N–H and O–H groups in total. The maximum Gasteiger partial charge on any atom is 0.296 e. The van der Waals surface area contributed by atoms with Crippen molar-refractivity contribution in [3.8, 4) is 11.5 Å². The number of aromatic nitrogens is 2. The summed E-state index contributed by atoms with van der Waals surface area (Å²) in [5, 5.41) is 21.8. The molecule has 2 aromatic heterocycles. The lowest BCUT2D eigenvalue weighted by Crippen LogP contribution is -2.31. The first kappa shape index (κ1) is 31.9. The van der Waals surface area contributed by atoms with E-state index in [1.807, 2.05) is 18.2 Å². The number of benzene rings is 3. The molecular weight excluding hydrogens is 669 g/mol. The van der Waals surface area contributed by atoms with Crippen molar-refractivity contribution < 1.29 is 28.6 Å². The Morgan fingerprint density at radius 1 is 1.09 bits per heavy atom. The van der Waals surface area contributed by atoms with Gasteiger partial charge in [0.15, 0.2) is 27.4 Å². The van der Waals surface area contributed by atoms with Crippen LogP contribution in [0.5, 0.6) is 11.5 Å². The number of aliphatic hydroxyl groups excluding tert-OH is 1. The number of furan rings is 1. The normalized spacial score (nSPS) is 14.8. The van der Waals surface area contributed by atoms with E-state index in [0.717, 1.165) is 29.7 Å². The molecule has 46 heavy (non-hydrogen) atoms. The highest BCUT2D eigenvalue weighted by Crippen LogP contribution is 2.46. The van der Waals surface area contributed by atoms with Gasteiger partial charge in [-0.2, -0.15) is 0 Å². The van der Waals surface area contributed by atoms with Gasteiger partial charge in [0, 0.05) is 21.2 Å². The second-order valence-corrected chi connectivity index (χ2v) is 13.3. The highest BCUT2D eigenvalue weighted by Gasteiger charge is 2.47. The molecule has 0 spiro atoms. The third kappa shape index (κ3) is 6.32. The van der Waals surface area contributed by atoms with Gasteiger partial charge in [-0.1, -0.05) is 90.0 Å². The summed E-state index contributed by atoms with van der Waals surface area (Å²) in [6, 6.07) is 18.1. The Balaban J connectivity index is 1.37. The van der Waals surface area contributed by atoms with Gasteiger partial charge in [-0.3, -0.25) is 14.5 Å². The number of amides is 1. The van der Waals surface area contributed by atoms with E-state index in [2.05, 4.69) is 17.1 Å². The summed E-state index contributed by atoms with van der Waals surface area (Å²) in [7, 11) is 1.51. The number of nitrogens with zero attached hydrogens (tertiary/aromatic N) is 3. The lowest BCUT2D eigenvalue weighted by Gasteiger charge is -2.24. The molecule has 1 aliphatic heterocycles. The molecule has 0 aliphatic carbocycles. The Labute approximate surface area is 282 Å². The molecule has 236 valence electrons. The second kappa shape index (κ2) is 13.8. The molecular formula is C33H27Cl2N3O6S2. The first-order valence-corrected chi connectivity index (χ1v) is 16.9. The number of carbonyl (C=O) groups excluding carboxylic acids is 2. The molecule has 1 unspecified atom stereocenters. The van der Waals surface area contributed by atoms with E-state index in [4.69, 9.17) is 37.1 Å². The van der Waals surface area contributed by atoms with Crippen LogP contribution < -0.4 is 14.4 Å². The molecule has 0 radical (unpaired) electrons. The molecule has 0 saturated carbocycles. The van der Waals surface area contributed by atoms with Gasteiger partial charge in [-0.05, 0) is 53.9 Å². The molecule has 0 bridgehead atoms. The maximum absolute atomic E-state index is 14.0. The summed E-state index contributed by atoms with van der Waals surface area (Å²) in [5.74, 6) is -0.718. The Morgan fingerprint density at radius 3 is 2.67 bits per heavy atom. The highest BCUT2D eigenvalue weighted by molar-refractivity contribution is 8.00. The zero-order chi connectivity index (χ0) is 32.4. The minimum Gasteiger partial charge on any atom is -0.503 e. The van der Waals surface area contributed by atoms with Crippen LogP contribution in [0.1, 0.15) is 47.5 Å². The lowest BCUT2D eigenvalue weighted by atomic mass is 9.95. The van der Waals surface area contributed by atoms with E-state index >= 15 is 0 Å². The predicted octanol–water partition coefficient (Wildman–Crippen LogP) is 8.85. The summed E-state index contributed by atoms with van der Waals surface area (Å²) in [6.07, 6.45) is 1.83. The molecule has 9 nitrogen and oxygen atoms in total. The quantitative estimate of drug-likeness (QED) is 0.0591. The van der Waals surface area contributed by atoms with Gasteiger partial charge in [0.25, 0.3) is 5.91 Å². The van der Waals surface area contributed by atoms with Crippen LogP contribution in [0, 0.1) is 0 Å². The SMILES string of the molecule is CCCCOc1ccc(C2C(C(=O)c3cc4ccccc4o3)=C(O)C(=O)N2c2nnc(SCc3ccc(Cl)cc3Cl)s2)cc1OC. The van der Waals surface area contributed by atoms with Crippen molar-refractivity contribution in [1.29, 1.82) is 0 Å². The molecule has 3 aromatic carbocycles. The fourth-order valence-corrected chi connectivity index (χ4v) is 7.44. The summed E-state index contributed by atoms with van der Waals surface area (Å²) in [6.45, 7) is 2.57. The number of fused-ring (bicyclic) bond motifs is 1. The van der Waals surface area contributed by atoms with Crippen molar-refractivity contribution in [3.63, 3.8) is 0 Å². The number of carbonyl (C=O) groups is 2. The molecule has 3 heterocycles. The van der Waals surface area contributed by atoms with Crippen molar-refractivity contribution in [3.05, 3.63) is 105 Å². The number of hydrogen-bond donors (Lipinski definition) is 1. The Kier molecular flexibility index (Phi) is 9.55.